The first-order valence-corrected chi connectivity index (χ1v) is 12.9. The molecule has 5 rings (SSSR count). The van der Waals surface area contributed by atoms with Crippen LogP contribution in [0.15, 0.2) is 47.5 Å². The van der Waals surface area contributed by atoms with Gasteiger partial charge in [-0.25, -0.2) is 9.97 Å². The molecular weight excluding hydrogens is 486 g/mol. The first-order valence-electron chi connectivity index (χ1n) is 12.9. The molecule has 38 heavy (non-hydrogen) atoms. The normalized spacial score (nSPS) is 13.7. The molecule has 198 valence electrons. The highest BCUT2D eigenvalue weighted by atomic mass is 16.5. The Kier molecular flexibility index (Phi) is 7.69. The second kappa shape index (κ2) is 11.5. The van der Waals surface area contributed by atoms with E-state index in [1.54, 1.807) is 0 Å². The van der Waals surface area contributed by atoms with E-state index in [0.717, 1.165) is 42.1 Å². The van der Waals surface area contributed by atoms with Crippen LogP contribution in [0, 0.1) is 0 Å². The number of aromatic amines is 2. The zero-order chi connectivity index (χ0) is 26.5. The number of likely N-dealkylation sites (tertiary alicyclic amines) is 1. The van der Waals surface area contributed by atoms with Gasteiger partial charge in [0.2, 0.25) is 0 Å². The topological polar surface area (TPSA) is 133 Å². The maximum atomic E-state index is 12.5. The molecule has 0 spiro atoms. The summed E-state index contributed by atoms with van der Waals surface area (Å²) >= 11 is 0. The lowest BCUT2D eigenvalue weighted by Crippen LogP contribution is -2.25. The maximum absolute atomic E-state index is 12.5. The third-order valence-electron chi connectivity index (χ3n) is 6.67. The van der Waals surface area contributed by atoms with Gasteiger partial charge in [0.05, 0.1) is 18.5 Å². The van der Waals surface area contributed by atoms with Crippen LogP contribution in [0.3, 0.4) is 0 Å². The number of hydrogen-bond donors (Lipinski definition) is 3. The van der Waals surface area contributed by atoms with Crippen molar-refractivity contribution in [3.63, 3.8) is 0 Å². The summed E-state index contributed by atoms with van der Waals surface area (Å²) in [5.41, 5.74) is 3.57. The molecular formula is C28H31N5O5. The Hall–Kier alpha value is -4.18. The van der Waals surface area contributed by atoms with Crippen LogP contribution in [0.5, 0.6) is 11.5 Å². The van der Waals surface area contributed by atoms with Gasteiger partial charge in [0.25, 0.3) is 5.56 Å². The number of benzene rings is 2. The van der Waals surface area contributed by atoms with Crippen molar-refractivity contribution < 1.29 is 19.4 Å². The fraction of sp³-hybridized carbons (Fsp3) is 0.357. The number of rotatable bonds is 11. The largest absolute Gasteiger partial charge is 0.493 e. The third-order valence-corrected chi connectivity index (χ3v) is 6.67. The highest BCUT2D eigenvalue weighted by Gasteiger charge is 2.17. The summed E-state index contributed by atoms with van der Waals surface area (Å²) in [5.74, 6) is 0.824. The number of fused-ring (bicyclic) bond motifs is 1. The number of carbonyl (C=O) groups is 1. The summed E-state index contributed by atoms with van der Waals surface area (Å²) in [7, 11) is 0. The molecule has 3 N–H and O–H groups in total. The van der Waals surface area contributed by atoms with Gasteiger partial charge in [-0.05, 0) is 74.7 Å². The molecule has 0 radical (unpaired) electrons. The molecule has 0 aliphatic carbocycles. The number of aryl methyl sites for hydroxylation is 1. The first-order chi connectivity index (χ1) is 18.5. The van der Waals surface area contributed by atoms with Gasteiger partial charge in [0.15, 0.2) is 11.2 Å². The van der Waals surface area contributed by atoms with Gasteiger partial charge in [-0.1, -0.05) is 12.1 Å². The van der Waals surface area contributed by atoms with E-state index in [0.29, 0.717) is 42.4 Å². The average Bonchev–Trinajstić information content (AvgIpc) is 3.61. The first kappa shape index (κ1) is 25.5. The lowest BCUT2D eigenvalue weighted by Gasteiger charge is -2.18. The average molecular weight is 518 g/mol. The monoisotopic (exact) mass is 517 g/mol. The summed E-state index contributed by atoms with van der Waals surface area (Å²) in [6, 6.07) is 11.5. The van der Waals surface area contributed by atoms with Crippen molar-refractivity contribution in [2.24, 2.45) is 0 Å². The smallest absolute Gasteiger partial charge is 0.303 e. The van der Waals surface area contributed by atoms with Crippen molar-refractivity contribution in [3.05, 3.63) is 58.6 Å². The molecule has 10 heteroatoms. The van der Waals surface area contributed by atoms with Gasteiger partial charge in [-0.3, -0.25) is 14.5 Å². The molecule has 0 bridgehead atoms. The van der Waals surface area contributed by atoms with Crippen molar-refractivity contribution >= 4 is 17.1 Å². The molecule has 1 aliphatic rings. The van der Waals surface area contributed by atoms with Crippen LogP contribution in [0.1, 0.15) is 31.7 Å². The number of ether oxygens (including phenoxy) is 2. The maximum Gasteiger partial charge on any atom is 0.303 e. The summed E-state index contributed by atoms with van der Waals surface area (Å²) in [4.78, 5) is 40.3. The Labute approximate surface area is 219 Å². The van der Waals surface area contributed by atoms with E-state index in [9.17, 15) is 9.59 Å². The van der Waals surface area contributed by atoms with Gasteiger partial charge < -0.3 is 24.5 Å². The number of nitrogens with zero attached hydrogens (tertiary/aromatic N) is 3. The zero-order valence-corrected chi connectivity index (χ0v) is 21.3. The molecule has 10 nitrogen and oxygen atoms in total. The summed E-state index contributed by atoms with van der Waals surface area (Å²) in [5, 5.41) is 9.16. The quantitative estimate of drug-likeness (QED) is 0.273. The Balaban J connectivity index is 1.50. The molecule has 0 atom stereocenters. The minimum atomic E-state index is -0.837. The number of carboxylic acid groups (broad SMARTS) is 1. The second-order valence-corrected chi connectivity index (χ2v) is 9.28. The molecule has 1 saturated heterocycles. The fourth-order valence-electron chi connectivity index (χ4n) is 4.76. The van der Waals surface area contributed by atoms with Gasteiger partial charge in [-0.2, -0.15) is 0 Å². The molecule has 4 aromatic rings. The van der Waals surface area contributed by atoms with Crippen LogP contribution in [0.4, 0.5) is 0 Å². The van der Waals surface area contributed by atoms with Crippen LogP contribution in [-0.2, 0) is 11.2 Å². The molecule has 3 heterocycles. The highest BCUT2D eigenvalue weighted by Crippen LogP contribution is 2.37. The highest BCUT2D eigenvalue weighted by molar-refractivity contribution is 5.79. The van der Waals surface area contributed by atoms with Crippen molar-refractivity contribution in [2.75, 3.05) is 32.8 Å². The van der Waals surface area contributed by atoms with E-state index >= 15 is 0 Å². The van der Waals surface area contributed by atoms with E-state index in [-0.39, 0.29) is 17.5 Å². The second-order valence-electron chi connectivity index (χ2n) is 9.28. The number of aromatic nitrogens is 4. The van der Waals surface area contributed by atoms with E-state index < -0.39 is 5.97 Å². The molecule has 0 unspecified atom stereocenters. The van der Waals surface area contributed by atoms with Gasteiger partial charge >= 0.3 is 5.97 Å². The van der Waals surface area contributed by atoms with Crippen molar-refractivity contribution in [1.82, 2.24) is 24.8 Å². The van der Waals surface area contributed by atoms with E-state index in [1.165, 1.54) is 19.2 Å². The van der Waals surface area contributed by atoms with Gasteiger partial charge in [-0.15, -0.1) is 0 Å². The number of imidazole rings is 1. The van der Waals surface area contributed by atoms with Gasteiger partial charge in [0, 0.05) is 18.5 Å². The Morgan fingerprint density at radius 1 is 1.08 bits per heavy atom. The van der Waals surface area contributed by atoms with Crippen LogP contribution in [0.25, 0.3) is 33.7 Å². The van der Waals surface area contributed by atoms with Crippen LogP contribution < -0.4 is 15.0 Å². The molecule has 1 fully saturated rings. The third kappa shape index (κ3) is 5.70. The predicted molar refractivity (Wildman–Crippen MR) is 144 cm³/mol. The number of H-pyrrole nitrogens is 2. The molecule has 0 amide bonds. The number of hydrogen-bond acceptors (Lipinski definition) is 7. The number of carboxylic acids is 1. The fourth-order valence-corrected chi connectivity index (χ4v) is 4.76. The Morgan fingerprint density at radius 3 is 2.71 bits per heavy atom. The molecule has 0 saturated carbocycles. The van der Waals surface area contributed by atoms with Crippen molar-refractivity contribution in [2.45, 2.75) is 32.6 Å². The summed E-state index contributed by atoms with van der Waals surface area (Å²) in [6.07, 6.45) is 4.36. The minimum Gasteiger partial charge on any atom is -0.493 e. The van der Waals surface area contributed by atoms with Crippen LogP contribution in [-0.4, -0.2) is 68.8 Å². The lowest BCUT2D eigenvalue weighted by molar-refractivity contribution is -0.136. The number of aliphatic carboxylic acids is 1. The Morgan fingerprint density at radius 2 is 1.92 bits per heavy atom. The van der Waals surface area contributed by atoms with Crippen molar-refractivity contribution in [3.8, 4) is 34.0 Å². The van der Waals surface area contributed by atoms with Crippen LogP contribution in [0.2, 0.25) is 0 Å². The van der Waals surface area contributed by atoms with E-state index in [4.69, 9.17) is 14.6 Å². The number of nitrogens with one attached hydrogen (secondary N) is 2. The lowest BCUT2D eigenvalue weighted by atomic mass is 9.98. The minimum absolute atomic E-state index is 0.0485. The van der Waals surface area contributed by atoms with E-state index in [2.05, 4.69) is 24.8 Å². The molecule has 2 aromatic carbocycles. The van der Waals surface area contributed by atoms with E-state index in [1.807, 2.05) is 43.3 Å². The predicted octanol–water partition coefficient (Wildman–Crippen LogP) is 3.87. The van der Waals surface area contributed by atoms with Crippen molar-refractivity contribution in [1.29, 1.82) is 0 Å². The van der Waals surface area contributed by atoms with Crippen LogP contribution >= 0.6 is 0 Å². The Bertz CT molecular complexity index is 1490. The van der Waals surface area contributed by atoms with Gasteiger partial charge in [0.1, 0.15) is 23.9 Å². The standard InChI is InChI=1S/C28H31N5O5/c1-2-37-23-16-19(7-8-20(23)26-31-27-25(28(36)32-26)29-17-30-27)21-15-18(6-10-24(34)35)5-9-22(21)38-14-13-33-11-3-4-12-33/h5,7-9,15-17H,2-4,6,10-14H2,1H3,(H,34,35)(H2,29,30,31,32,36). The SMILES string of the molecule is CCOc1cc(-c2cc(CCC(=O)O)ccc2OCCN2CCCC2)ccc1-c1nc2[nH]cnc2c(=O)[nH]1. The summed E-state index contributed by atoms with van der Waals surface area (Å²) in [6.45, 7) is 5.94. The summed E-state index contributed by atoms with van der Waals surface area (Å²) < 4.78 is 12.2. The molecule has 2 aromatic heterocycles. The zero-order valence-electron chi connectivity index (χ0n) is 21.3. The molecule has 1 aliphatic heterocycles.